The monoisotopic (exact) mass is 1240 g/mol. The van der Waals surface area contributed by atoms with E-state index in [4.69, 9.17) is 37.9 Å². The second-order valence-electron chi connectivity index (χ2n) is 33.2. The molecule has 0 bridgehead atoms. The normalized spacial score (nSPS) is 20.1. The number of hydrogen-bond acceptors (Lipinski definition) is 8. The van der Waals surface area contributed by atoms with Gasteiger partial charge in [0.2, 0.25) is 25.2 Å². The Balaban J connectivity index is 1.10. The minimum atomic E-state index is -0.297. The van der Waals surface area contributed by atoms with Gasteiger partial charge in [0, 0.05) is 25.7 Å². The molecule has 8 nitrogen and oxygen atoms in total. The van der Waals surface area contributed by atoms with Crippen LogP contribution in [0.1, 0.15) is 323 Å². The van der Waals surface area contributed by atoms with Crippen molar-refractivity contribution in [2.75, 3.05) is 0 Å². The van der Waals surface area contributed by atoms with Gasteiger partial charge in [-0.3, -0.25) is 0 Å². The zero-order chi connectivity index (χ0) is 64.3. The molecule has 0 amide bonds. The predicted octanol–water partition coefficient (Wildman–Crippen LogP) is 23.7. The van der Waals surface area contributed by atoms with Gasteiger partial charge in [0.1, 0.15) is 23.0 Å². The second-order valence-corrected chi connectivity index (χ2v) is 33.2. The fraction of sp³-hybridized carbons (Fsp3) is 0.707. The van der Waals surface area contributed by atoms with Crippen molar-refractivity contribution in [3.63, 3.8) is 0 Å². The van der Waals surface area contributed by atoms with Crippen LogP contribution in [0.5, 0.6) is 23.0 Å². The summed E-state index contributed by atoms with van der Waals surface area (Å²) in [4.78, 5) is 0. The van der Waals surface area contributed by atoms with Gasteiger partial charge < -0.3 is 37.9 Å². The van der Waals surface area contributed by atoms with Crippen LogP contribution in [0.4, 0.5) is 0 Å². The Labute approximate surface area is 549 Å². The summed E-state index contributed by atoms with van der Waals surface area (Å²) in [5.74, 6) is 4.55. The van der Waals surface area contributed by atoms with Gasteiger partial charge in [0.25, 0.3) is 0 Å². The molecule has 90 heavy (non-hydrogen) atoms. The summed E-state index contributed by atoms with van der Waals surface area (Å²) in [6, 6.07) is 36.4. The molecule has 8 unspecified atom stereocenters. The van der Waals surface area contributed by atoms with Crippen LogP contribution in [0.25, 0.3) is 0 Å². The van der Waals surface area contributed by atoms with E-state index in [-0.39, 0.29) is 89.0 Å². The van der Waals surface area contributed by atoms with Gasteiger partial charge in [0.05, 0.1) is 24.4 Å². The highest BCUT2D eigenvalue weighted by Crippen LogP contribution is 2.44. The molecule has 4 aliphatic carbocycles. The van der Waals surface area contributed by atoms with Gasteiger partial charge in [-0.2, -0.15) is 0 Å². The van der Waals surface area contributed by atoms with Crippen LogP contribution in [0, 0.1) is 21.7 Å². The lowest BCUT2D eigenvalue weighted by Crippen LogP contribution is -2.32. The van der Waals surface area contributed by atoms with E-state index >= 15 is 0 Å². The van der Waals surface area contributed by atoms with Gasteiger partial charge in [-0.1, -0.05) is 223 Å². The van der Waals surface area contributed by atoms with Crippen molar-refractivity contribution < 1.29 is 37.9 Å². The Bertz CT molecular complexity index is 2590. The lowest BCUT2D eigenvalue weighted by molar-refractivity contribution is -0.143. The van der Waals surface area contributed by atoms with E-state index in [1.807, 2.05) is 0 Å². The molecule has 502 valence electrons. The molecule has 8 rings (SSSR count). The Morgan fingerprint density at radius 2 is 0.522 bits per heavy atom. The third kappa shape index (κ3) is 25.7. The Kier molecular flexibility index (Phi) is 27.4. The highest BCUT2D eigenvalue weighted by atomic mass is 16.7. The molecule has 4 aromatic carbocycles. The molecule has 0 saturated heterocycles. The SMILES string of the molecule is CCC(CC(CC(CC(C)c1ccc(OC(CC(C)(C)C)OC2CCCCC2)cc1)c1ccc(OC(CC(C)(C)C)OC2CCCCC2)cc1)c1ccc(OC(CC(C)(C)C)OC2CCCCC2)cc1)c1ccc(OC(CC(C)(C)C)OC2CCCCC2)cc1. The molecule has 0 heterocycles. The van der Waals surface area contributed by atoms with Gasteiger partial charge >= 0.3 is 0 Å². The van der Waals surface area contributed by atoms with E-state index < -0.39 is 0 Å². The lowest BCUT2D eigenvalue weighted by atomic mass is 9.75. The summed E-state index contributed by atoms with van der Waals surface area (Å²) in [6.07, 6.45) is 31.2. The third-order valence-corrected chi connectivity index (χ3v) is 19.5. The Morgan fingerprint density at radius 1 is 0.300 bits per heavy atom. The first-order valence-electron chi connectivity index (χ1n) is 36.5. The molecule has 0 aliphatic heterocycles. The number of ether oxygens (including phenoxy) is 8. The van der Waals surface area contributed by atoms with E-state index in [1.54, 1.807) is 0 Å². The van der Waals surface area contributed by atoms with E-state index in [2.05, 4.69) is 194 Å². The fourth-order valence-corrected chi connectivity index (χ4v) is 14.6. The van der Waals surface area contributed by atoms with E-state index in [0.717, 1.165) is 126 Å². The van der Waals surface area contributed by atoms with Crippen LogP contribution >= 0.6 is 0 Å². The molecule has 4 aliphatic rings. The topological polar surface area (TPSA) is 73.8 Å². The number of hydrogen-bond donors (Lipinski definition) is 0. The van der Waals surface area contributed by atoms with Crippen molar-refractivity contribution in [1.29, 1.82) is 0 Å². The van der Waals surface area contributed by atoms with Crippen LogP contribution < -0.4 is 18.9 Å². The van der Waals surface area contributed by atoms with E-state index in [9.17, 15) is 0 Å². The average molecular weight is 1240 g/mol. The summed E-state index contributed by atoms with van der Waals surface area (Å²) in [5, 5.41) is 0. The lowest BCUT2D eigenvalue weighted by Gasteiger charge is -2.32. The minimum absolute atomic E-state index is 0.0576. The maximum absolute atomic E-state index is 6.87. The molecule has 8 heteroatoms. The van der Waals surface area contributed by atoms with Crippen LogP contribution in [-0.2, 0) is 18.9 Å². The molecule has 0 spiro atoms. The van der Waals surface area contributed by atoms with Gasteiger partial charge in [0.15, 0.2) is 0 Å². The van der Waals surface area contributed by atoms with Gasteiger partial charge in [-0.05, 0) is 193 Å². The van der Waals surface area contributed by atoms with E-state index in [1.165, 1.54) is 99.3 Å². The van der Waals surface area contributed by atoms with Crippen LogP contribution in [0.3, 0.4) is 0 Å². The van der Waals surface area contributed by atoms with Crippen molar-refractivity contribution in [2.45, 2.75) is 350 Å². The van der Waals surface area contributed by atoms with Gasteiger partial charge in [-0.15, -0.1) is 0 Å². The number of benzene rings is 4. The molecule has 4 fully saturated rings. The Hall–Kier alpha value is -4.08. The van der Waals surface area contributed by atoms with Crippen molar-refractivity contribution in [3.8, 4) is 23.0 Å². The molecule has 4 aromatic rings. The molecular formula is C82H126O8. The zero-order valence-electron chi connectivity index (χ0n) is 59.2. The molecular weight excluding hydrogens is 1110 g/mol. The largest absolute Gasteiger partial charge is 0.465 e. The van der Waals surface area contributed by atoms with Crippen molar-refractivity contribution in [1.82, 2.24) is 0 Å². The highest BCUT2D eigenvalue weighted by Gasteiger charge is 2.32. The fourth-order valence-electron chi connectivity index (χ4n) is 14.6. The summed E-state index contributed by atoms with van der Waals surface area (Å²) in [7, 11) is 0. The number of rotatable bonds is 31. The summed E-state index contributed by atoms with van der Waals surface area (Å²) in [6.45, 7) is 32.2. The first-order chi connectivity index (χ1) is 42.9. The summed E-state index contributed by atoms with van der Waals surface area (Å²) in [5.41, 5.74) is 5.61. The van der Waals surface area contributed by atoms with Crippen molar-refractivity contribution in [3.05, 3.63) is 119 Å². The minimum Gasteiger partial charge on any atom is -0.465 e. The first-order valence-corrected chi connectivity index (χ1v) is 36.5. The maximum atomic E-state index is 6.87. The third-order valence-electron chi connectivity index (χ3n) is 19.5. The molecule has 0 aromatic heterocycles. The smallest absolute Gasteiger partial charge is 0.200 e. The quantitative estimate of drug-likeness (QED) is 0.0462. The maximum Gasteiger partial charge on any atom is 0.200 e. The molecule has 0 N–H and O–H groups in total. The first kappa shape index (κ1) is 71.8. The highest BCUT2D eigenvalue weighted by molar-refractivity contribution is 5.36. The molecule has 4 saturated carbocycles. The predicted molar refractivity (Wildman–Crippen MR) is 372 cm³/mol. The standard InChI is InChI=1S/C82H126O8/c1-15-60(62-38-46-72(47-39-62)88-76(56-80(6,7)8)84-68-30-22-17-23-31-68)53-66(64-42-50-74(51-43-64)90-78(58-82(12,13)14)86-70-34-26-19-27-35-70)54-65(63-40-48-73(49-41-63)89-77(57-81(9,10)11)85-69-32-24-18-25-33-69)52-59(2)61-36-44-71(45-37-61)87-75(55-79(3,4)5)83-67-28-20-16-21-29-67/h36-51,59-60,65-70,75-78H,15-35,52-58H2,1-14H3. The zero-order valence-corrected chi connectivity index (χ0v) is 59.2. The Morgan fingerprint density at radius 3 is 0.767 bits per heavy atom. The average Bonchev–Trinajstić information content (AvgIpc) is 1.76. The van der Waals surface area contributed by atoms with Crippen molar-refractivity contribution in [2.24, 2.45) is 21.7 Å². The van der Waals surface area contributed by atoms with Crippen LogP contribution in [0.15, 0.2) is 97.1 Å². The van der Waals surface area contributed by atoms with Crippen LogP contribution in [-0.4, -0.2) is 49.6 Å². The second kappa shape index (κ2) is 34.4. The van der Waals surface area contributed by atoms with E-state index in [0.29, 0.717) is 5.92 Å². The summed E-state index contributed by atoms with van der Waals surface area (Å²) < 4.78 is 54.4. The molecule has 8 atom stereocenters. The van der Waals surface area contributed by atoms with Gasteiger partial charge in [-0.25, -0.2) is 0 Å². The van der Waals surface area contributed by atoms with Crippen molar-refractivity contribution >= 4 is 0 Å². The summed E-state index contributed by atoms with van der Waals surface area (Å²) >= 11 is 0. The van der Waals surface area contributed by atoms with Crippen LogP contribution in [0.2, 0.25) is 0 Å². The molecule has 0 radical (unpaired) electrons.